The first-order chi connectivity index (χ1) is 8.42. The molecule has 18 heavy (non-hydrogen) atoms. The quantitative estimate of drug-likeness (QED) is 0.756. The van der Waals surface area contributed by atoms with Gasteiger partial charge in [0.1, 0.15) is 5.60 Å². The maximum absolute atomic E-state index is 12.1. The molecule has 0 N–H and O–H groups in total. The Balaban J connectivity index is 2.51. The van der Waals surface area contributed by atoms with E-state index < -0.39 is 5.60 Å². The van der Waals surface area contributed by atoms with Gasteiger partial charge in [-0.25, -0.2) is 4.79 Å². The van der Waals surface area contributed by atoms with Crippen LogP contribution in [0.15, 0.2) is 37.0 Å². The van der Waals surface area contributed by atoms with Crippen molar-refractivity contribution in [1.82, 2.24) is 4.57 Å². The number of nitrogens with zero attached hydrogens (tertiary/aromatic N) is 1. The zero-order chi connectivity index (χ0) is 13.3. The number of fused-ring (bicyclic) bond motifs is 1. The summed E-state index contributed by atoms with van der Waals surface area (Å²) < 4.78 is 6.90. The van der Waals surface area contributed by atoms with E-state index in [0.717, 1.165) is 16.5 Å². The van der Waals surface area contributed by atoms with Crippen LogP contribution < -0.4 is 0 Å². The summed E-state index contributed by atoms with van der Waals surface area (Å²) in [6.45, 7) is 9.32. The van der Waals surface area contributed by atoms with Crippen LogP contribution in [0.1, 0.15) is 26.3 Å². The van der Waals surface area contributed by atoms with Crippen LogP contribution in [0, 0.1) is 0 Å². The van der Waals surface area contributed by atoms with Gasteiger partial charge in [0, 0.05) is 17.1 Å². The summed E-state index contributed by atoms with van der Waals surface area (Å²) in [5, 5.41) is 0.998. The second kappa shape index (κ2) is 4.33. The lowest BCUT2D eigenvalue weighted by Crippen LogP contribution is -2.26. The Morgan fingerprint density at radius 1 is 1.33 bits per heavy atom. The van der Waals surface area contributed by atoms with E-state index in [1.54, 1.807) is 12.3 Å². The van der Waals surface area contributed by atoms with Crippen molar-refractivity contribution in [3.8, 4) is 0 Å². The minimum absolute atomic E-state index is 0.369. The van der Waals surface area contributed by atoms with Crippen molar-refractivity contribution < 1.29 is 9.53 Å². The Labute approximate surface area is 107 Å². The van der Waals surface area contributed by atoms with E-state index in [4.69, 9.17) is 4.74 Å². The predicted octanol–water partition coefficient (Wildman–Crippen LogP) is 4.07. The molecule has 0 atom stereocenters. The molecule has 2 aromatic rings. The molecule has 0 saturated heterocycles. The van der Waals surface area contributed by atoms with Crippen LogP contribution in [-0.4, -0.2) is 16.3 Å². The molecule has 0 spiro atoms. The first-order valence-corrected chi connectivity index (χ1v) is 5.88. The third kappa shape index (κ3) is 2.30. The third-order valence-corrected chi connectivity index (χ3v) is 2.55. The van der Waals surface area contributed by atoms with Crippen molar-refractivity contribution in [2.75, 3.05) is 0 Å². The third-order valence-electron chi connectivity index (χ3n) is 2.55. The number of benzene rings is 1. The van der Waals surface area contributed by atoms with Crippen molar-refractivity contribution in [3.63, 3.8) is 0 Å². The van der Waals surface area contributed by atoms with E-state index in [1.807, 2.05) is 45.0 Å². The number of carbonyl (C=O) groups is 1. The molecule has 0 aliphatic heterocycles. The van der Waals surface area contributed by atoms with Crippen LogP contribution in [-0.2, 0) is 4.74 Å². The van der Waals surface area contributed by atoms with E-state index in [2.05, 4.69) is 6.58 Å². The van der Waals surface area contributed by atoms with Gasteiger partial charge in [-0.2, -0.15) is 0 Å². The summed E-state index contributed by atoms with van der Waals surface area (Å²) >= 11 is 0. The maximum Gasteiger partial charge on any atom is 0.419 e. The lowest BCUT2D eigenvalue weighted by atomic mass is 10.2. The Hall–Kier alpha value is -2.03. The van der Waals surface area contributed by atoms with Gasteiger partial charge in [0.05, 0.1) is 5.52 Å². The molecule has 3 heteroatoms. The van der Waals surface area contributed by atoms with Gasteiger partial charge >= 0.3 is 6.09 Å². The number of hydrogen-bond acceptors (Lipinski definition) is 2. The highest BCUT2D eigenvalue weighted by Gasteiger charge is 2.19. The molecule has 0 radical (unpaired) electrons. The summed E-state index contributed by atoms with van der Waals surface area (Å²) in [4.78, 5) is 12.1. The van der Waals surface area contributed by atoms with Crippen LogP contribution in [0.2, 0.25) is 0 Å². The molecule has 0 aliphatic carbocycles. The Morgan fingerprint density at radius 3 is 2.61 bits per heavy atom. The zero-order valence-corrected chi connectivity index (χ0v) is 10.9. The van der Waals surface area contributed by atoms with Gasteiger partial charge in [-0.1, -0.05) is 30.9 Å². The summed E-state index contributed by atoms with van der Waals surface area (Å²) in [5.41, 5.74) is 1.26. The highest BCUT2D eigenvalue weighted by molar-refractivity contribution is 5.95. The number of para-hydroxylation sites is 1. The minimum atomic E-state index is -0.503. The summed E-state index contributed by atoms with van der Waals surface area (Å²) in [5.74, 6) is 0. The van der Waals surface area contributed by atoms with Gasteiger partial charge in [0.25, 0.3) is 0 Å². The first-order valence-electron chi connectivity index (χ1n) is 5.88. The smallest absolute Gasteiger partial charge is 0.419 e. The second-order valence-corrected chi connectivity index (χ2v) is 5.16. The highest BCUT2D eigenvalue weighted by Crippen LogP contribution is 2.23. The van der Waals surface area contributed by atoms with Crippen LogP contribution in [0.25, 0.3) is 17.0 Å². The molecule has 2 rings (SSSR count). The average molecular weight is 243 g/mol. The first kappa shape index (κ1) is 12.4. The number of hydrogen-bond donors (Lipinski definition) is 0. The predicted molar refractivity (Wildman–Crippen MR) is 73.7 cm³/mol. The lowest BCUT2D eigenvalue weighted by molar-refractivity contribution is 0.0544. The average Bonchev–Trinajstić information content (AvgIpc) is 2.65. The van der Waals surface area contributed by atoms with E-state index >= 15 is 0 Å². The Kier molecular flexibility index (Phi) is 2.99. The van der Waals surface area contributed by atoms with E-state index in [9.17, 15) is 4.79 Å². The molecule has 3 nitrogen and oxygen atoms in total. The number of aromatic nitrogens is 1. The SMILES string of the molecule is C=Cc1cn(C(=O)OC(C)(C)C)c2ccccc12. The standard InChI is InChI=1S/C15H17NO2/c1-5-11-10-16(14(17)18-15(2,3)4)13-9-7-6-8-12(11)13/h5-10H,1H2,2-4H3. The molecule has 0 bridgehead atoms. The molecule has 1 heterocycles. The Bertz CT molecular complexity index is 602. The van der Waals surface area contributed by atoms with Crippen molar-refractivity contribution >= 4 is 23.1 Å². The van der Waals surface area contributed by atoms with E-state index in [-0.39, 0.29) is 6.09 Å². The minimum Gasteiger partial charge on any atom is -0.443 e. The summed E-state index contributed by atoms with van der Waals surface area (Å²) in [6.07, 6.45) is 3.13. The molecule has 1 aromatic carbocycles. The molecular formula is C15H17NO2. The topological polar surface area (TPSA) is 31.2 Å². The normalized spacial score (nSPS) is 11.5. The van der Waals surface area contributed by atoms with Crippen molar-refractivity contribution in [2.24, 2.45) is 0 Å². The number of rotatable bonds is 1. The van der Waals surface area contributed by atoms with E-state index in [1.165, 1.54) is 4.57 Å². The van der Waals surface area contributed by atoms with Gasteiger partial charge in [-0.3, -0.25) is 4.57 Å². The van der Waals surface area contributed by atoms with Gasteiger partial charge in [0.2, 0.25) is 0 Å². The molecular weight excluding hydrogens is 226 g/mol. The van der Waals surface area contributed by atoms with Gasteiger partial charge in [-0.15, -0.1) is 0 Å². The molecule has 0 fully saturated rings. The van der Waals surface area contributed by atoms with Crippen LogP contribution in [0.5, 0.6) is 0 Å². The highest BCUT2D eigenvalue weighted by atomic mass is 16.6. The fourth-order valence-corrected chi connectivity index (χ4v) is 1.83. The molecule has 1 aromatic heterocycles. The van der Waals surface area contributed by atoms with E-state index in [0.29, 0.717) is 0 Å². The second-order valence-electron chi connectivity index (χ2n) is 5.16. The Morgan fingerprint density at radius 2 is 2.00 bits per heavy atom. The van der Waals surface area contributed by atoms with Crippen molar-refractivity contribution in [2.45, 2.75) is 26.4 Å². The number of ether oxygens (including phenoxy) is 1. The molecule has 0 unspecified atom stereocenters. The fourth-order valence-electron chi connectivity index (χ4n) is 1.83. The van der Waals surface area contributed by atoms with Crippen molar-refractivity contribution in [1.29, 1.82) is 0 Å². The van der Waals surface area contributed by atoms with Gasteiger partial charge < -0.3 is 4.74 Å². The summed E-state index contributed by atoms with van der Waals surface area (Å²) in [7, 11) is 0. The molecule has 0 saturated carbocycles. The largest absolute Gasteiger partial charge is 0.443 e. The molecule has 94 valence electrons. The monoisotopic (exact) mass is 243 g/mol. The van der Waals surface area contributed by atoms with Gasteiger partial charge in [0.15, 0.2) is 0 Å². The summed E-state index contributed by atoms with van der Waals surface area (Å²) in [6, 6.07) is 7.70. The maximum atomic E-state index is 12.1. The van der Waals surface area contributed by atoms with Crippen LogP contribution >= 0.6 is 0 Å². The van der Waals surface area contributed by atoms with Gasteiger partial charge in [-0.05, 0) is 26.8 Å². The fraction of sp³-hybridized carbons (Fsp3) is 0.267. The number of carbonyl (C=O) groups excluding carboxylic acids is 1. The lowest BCUT2D eigenvalue weighted by Gasteiger charge is -2.19. The molecule has 0 aliphatic rings. The van der Waals surface area contributed by atoms with Crippen molar-refractivity contribution in [3.05, 3.63) is 42.6 Å². The van der Waals surface area contributed by atoms with Crippen LogP contribution in [0.3, 0.4) is 0 Å². The zero-order valence-electron chi connectivity index (χ0n) is 10.9. The van der Waals surface area contributed by atoms with Crippen LogP contribution in [0.4, 0.5) is 4.79 Å². The molecule has 0 amide bonds.